The van der Waals surface area contributed by atoms with Crippen LogP contribution in [0.5, 0.6) is 0 Å². The Morgan fingerprint density at radius 3 is 2.67 bits per heavy atom. The van der Waals surface area contributed by atoms with Crippen LogP contribution in [0.1, 0.15) is 29.4 Å². The second-order valence-electron chi connectivity index (χ2n) is 4.64. The molecule has 1 aromatic heterocycles. The maximum Gasteiger partial charge on any atom is 0.276 e. The van der Waals surface area contributed by atoms with E-state index < -0.39 is 0 Å². The van der Waals surface area contributed by atoms with Gasteiger partial charge in [0.25, 0.3) is 5.91 Å². The first-order chi connectivity index (χ1) is 10.1. The molecule has 0 spiro atoms. The van der Waals surface area contributed by atoms with E-state index in [1.54, 1.807) is 30.3 Å². The fourth-order valence-electron chi connectivity index (χ4n) is 1.75. The van der Waals surface area contributed by atoms with Gasteiger partial charge >= 0.3 is 0 Å². The summed E-state index contributed by atoms with van der Waals surface area (Å²) in [6.07, 6.45) is 1.000. The molecule has 0 aliphatic carbocycles. The van der Waals surface area contributed by atoms with Crippen LogP contribution in [0.3, 0.4) is 0 Å². The van der Waals surface area contributed by atoms with Crippen molar-refractivity contribution in [3.63, 3.8) is 0 Å². The first kappa shape index (κ1) is 15.3. The van der Waals surface area contributed by atoms with E-state index in [1.807, 2.05) is 6.92 Å². The van der Waals surface area contributed by atoms with Gasteiger partial charge in [0.05, 0.1) is 0 Å². The molecule has 1 amide bonds. The van der Waals surface area contributed by atoms with Crippen molar-refractivity contribution in [2.75, 3.05) is 17.2 Å². The lowest BCUT2D eigenvalue weighted by molar-refractivity contribution is 0.102. The van der Waals surface area contributed by atoms with Gasteiger partial charge in [-0.2, -0.15) is 0 Å². The lowest BCUT2D eigenvalue weighted by atomic mass is 10.2. The molecule has 110 valence electrons. The normalized spacial score (nSPS) is 10.2. The highest BCUT2D eigenvalue weighted by molar-refractivity contribution is 6.30. The summed E-state index contributed by atoms with van der Waals surface area (Å²) in [4.78, 5) is 12.1. The van der Waals surface area contributed by atoms with Crippen LogP contribution in [0, 0.1) is 6.92 Å². The molecule has 1 aromatic carbocycles. The first-order valence-electron chi connectivity index (χ1n) is 6.75. The topological polar surface area (TPSA) is 66.9 Å². The minimum Gasteiger partial charge on any atom is -0.369 e. The maximum absolute atomic E-state index is 12.1. The number of benzene rings is 1. The summed E-state index contributed by atoms with van der Waals surface area (Å²) >= 11 is 5.89. The van der Waals surface area contributed by atoms with Gasteiger partial charge in [-0.05, 0) is 49.2 Å². The zero-order valence-electron chi connectivity index (χ0n) is 12.0. The van der Waals surface area contributed by atoms with E-state index in [1.165, 1.54) is 0 Å². The van der Waals surface area contributed by atoms with Gasteiger partial charge in [-0.3, -0.25) is 4.79 Å². The van der Waals surface area contributed by atoms with Crippen LogP contribution in [-0.4, -0.2) is 22.6 Å². The largest absolute Gasteiger partial charge is 0.369 e. The smallest absolute Gasteiger partial charge is 0.276 e. The average Bonchev–Trinajstić information content (AvgIpc) is 2.48. The summed E-state index contributed by atoms with van der Waals surface area (Å²) in [6.45, 7) is 4.77. The Labute approximate surface area is 128 Å². The van der Waals surface area contributed by atoms with Gasteiger partial charge in [0.2, 0.25) is 0 Å². The van der Waals surface area contributed by atoms with E-state index in [2.05, 4.69) is 27.8 Å². The number of carbonyl (C=O) groups excluding carboxylic acids is 1. The van der Waals surface area contributed by atoms with Gasteiger partial charge in [-0.15, -0.1) is 10.2 Å². The molecule has 2 rings (SSSR count). The van der Waals surface area contributed by atoms with Crippen molar-refractivity contribution in [2.24, 2.45) is 0 Å². The standard InChI is InChI=1S/C15H17ClN4O/c1-3-8-17-14-7-6-13(19-20-14)15(21)18-12-5-4-11(16)9-10(12)2/h4-7,9H,3,8H2,1-2H3,(H,17,20)(H,18,21). The van der Waals surface area contributed by atoms with Crippen LogP contribution in [0.25, 0.3) is 0 Å². The van der Waals surface area contributed by atoms with Crippen LogP contribution in [0.4, 0.5) is 11.5 Å². The van der Waals surface area contributed by atoms with Crippen molar-refractivity contribution >= 4 is 29.0 Å². The zero-order chi connectivity index (χ0) is 15.2. The minimum atomic E-state index is -0.296. The molecule has 0 saturated carbocycles. The molecule has 0 fully saturated rings. The molecule has 0 bridgehead atoms. The van der Waals surface area contributed by atoms with Crippen molar-refractivity contribution in [3.8, 4) is 0 Å². The van der Waals surface area contributed by atoms with Crippen molar-refractivity contribution in [1.29, 1.82) is 0 Å². The van der Waals surface area contributed by atoms with Gasteiger partial charge in [-0.1, -0.05) is 18.5 Å². The quantitative estimate of drug-likeness (QED) is 0.887. The molecule has 21 heavy (non-hydrogen) atoms. The van der Waals surface area contributed by atoms with Crippen LogP contribution in [0.15, 0.2) is 30.3 Å². The van der Waals surface area contributed by atoms with Crippen molar-refractivity contribution < 1.29 is 4.79 Å². The molecule has 2 aromatic rings. The molecule has 1 heterocycles. The summed E-state index contributed by atoms with van der Waals surface area (Å²) in [6, 6.07) is 8.67. The van der Waals surface area contributed by atoms with Gasteiger partial charge in [-0.25, -0.2) is 0 Å². The number of halogens is 1. The maximum atomic E-state index is 12.1. The zero-order valence-corrected chi connectivity index (χ0v) is 12.7. The lowest BCUT2D eigenvalue weighted by Gasteiger charge is -2.08. The third-order valence-electron chi connectivity index (χ3n) is 2.89. The number of aryl methyl sites for hydroxylation is 1. The predicted molar refractivity (Wildman–Crippen MR) is 85.0 cm³/mol. The highest BCUT2D eigenvalue weighted by Gasteiger charge is 2.10. The number of carbonyl (C=O) groups is 1. The number of nitrogens with one attached hydrogen (secondary N) is 2. The predicted octanol–water partition coefficient (Wildman–Crippen LogP) is 3.51. The van der Waals surface area contributed by atoms with Crippen LogP contribution in [0.2, 0.25) is 5.02 Å². The Kier molecular flexibility index (Phi) is 5.11. The molecule has 0 radical (unpaired) electrons. The SMILES string of the molecule is CCCNc1ccc(C(=O)Nc2ccc(Cl)cc2C)nn1. The van der Waals surface area contributed by atoms with Gasteiger partial charge in [0.15, 0.2) is 5.69 Å². The summed E-state index contributed by atoms with van der Waals surface area (Å²) in [7, 11) is 0. The van der Waals surface area contributed by atoms with Gasteiger partial charge < -0.3 is 10.6 Å². The molecule has 0 aliphatic rings. The highest BCUT2D eigenvalue weighted by Crippen LogP contribution is 2.20. The average molecular weight is 305 g/mol. The van der Waals surface area contributed by atoms with Crippen LogP contribution >= 0.6 is 11.6 Å². The molecule has 0 aliphatic heterocycles. The van der Waals surface area contributed by atoms with Crippen LogP contribution in [-0.2, 0) is 0 Å². The Bertz CT molecular complexity index is 628. The highest BCUT2D eigenvalue weighted by atomic mass is 35.5. The van der Waals surface area contributed by atoms with E-state index in [9.17, 15) is 4.79 Å². The summed E-state index contributed by atoms with van der Waals surface area (Å²) in [5.74, 6) is 0.367. The molecule has 6 heteroatoms. The monoisotopic (exact) mass is 304 g/mol. The van der Waals surface area contributed by atoms with E-state index in [0.29, 0.717) is 16.5 Å². The summed E-state index contributed by atoms with van der Waals surface area (Å²) in [5, 5.41) is 14.4. The van der Waals surface area contributed by atoms with Gasteiger partial charge in [0.1, 0.15) is 5.82 Å². The Morgan fingerprint density at radius 1 is 1.24 bits per heavy atom. The van der Waals surface area contributed by atoms with E-state index in [-0.39, 0.29) is 11.6 Å². The van der Waals surface area contributed by atoms with E-state index in [4.69, 9.17) is 11.6 Å². The third-order valence-corrected chi connectivity index (χ3v) is 3.13. The fraction of sp³-hybridized carbons (Fsp3) is 0.267. The summed E-state index contributed by atoms with van der Waals surface area (Å²) in [5.41, 5.74) is 1.87. The molecule has 0 atom stereocenters. The van der Waals surface area contributed by atoms with Gasteiger partial charge in [0, 0.05) is 17.3 Å². The van der Waals surface area contributed by atoms with Crippen molar-refractivity contribution in [1.82, 2.24) is 10.2 Å². The molecular weight excluding hydrogens is 288 g/mol. The number of aromatic nitrogens is 2. The fourth-order valence-corrected chi connectivity index (χ4v) is 1.98. The second kappa shape index (κ2) is 7.04. The number of hydrogen-bond donors (Lipinski definition) is 2. The van der Waals surface area contributed by atoms with E-state index >= 15 is 0 Å². The van der Waals surface area contributed by atoms with E-state index in [0.717, 1.165) is 18.5 Å². The van der Waals surface area contributed by atoms with Crippen LogP contribution < -0.4 is 10.6 Å². The number of rotatable bonds is 5. The second-order valence-corrected chi connectivity index (χ2v) is 5.08. The first-order valence-corrected chi connectivity index (χ1v) is 7.13. The molecular formula is C15H17ClN4O. The number of amides is 1. The number of hydrogen-bond acceptors (Lipinski definition) is 4. The number of nitrogens with zero attached hydrogens (tertiary/aromatic N) is 2. The Morgan fingerprint density at radius 2 is 2.05 bits per heavy atom. The van der Waals surface area contributed by atoms with Crippen molar-refractivity contribution in [3.05, 3.63) is 46.6 Å². The summed E-state index contributed by atoms with van der Waals surface area (Å²) < 4.78 is 0. The molecule has 5 nitrogen and oxygen atoms in total. The minimum absolute atomic E-state index is 0.270. The molecule has 0 saturated heterocycles. The Balaban J connectivity index is 2.06. The third kappa shape index (κ3) is 4.16. The molecule has 2 N–H and O–H groups in total. The Hall–Kier alpha value is -2.14. The number of anilines is 2. The van der Waals surface area contributed by atoms with Crippen molar-refractivity contribution in [2.45, 2.75) is 20.3 Å². The molecule has 0 unspecified atom stereocenters. The lowest BCUT2D eigenvalue weighted by Crippen LogP contribution is -2.15.